The molecule has 0 saturated heterocycles. The van der Waals surface area contributed by atoms with Crippen molar-refractivity contribution in [1.29, 1.82) is 0 Å². The molecular formula is C16H22N2O. The van der Waals surface area contributed by atoms with Gasteiger partial charge in [-0.1, -0.05) is 25.1 Å². The second kappa shape index (κ2) is 5.35. The summed E-state index contributed by atoms with van der Waals surface area (Å²) in [5.74, 6) is 0.947. The zero-order valence-corrected chi connectivity index (χ0v) is 11.6. The summed E-state index contributed by atoms with van der Waals surface area (Å²) in [6.07, 6.45) is 3.88. The Morgan fingerprint density at radius 3 is 2.79 bits per heavy atom. The van der Waals surface area contributed by atoms with E-state index in [1.807, 2.05) is 12.1 Å². The average molecular weight is 258 g/mol. The molecule has 2 aromatic rings. The van der Waals surface area contributed by atoms with Crippen LogP contribution in [-0.4, -0.2) is 17.5 Å². The molecule has 3 nitrogen and oxygen atoms in total. The van der Waals surface area contributed by atoms with Crippen LogP contribution >= 0.6 is 0 Å². The molecule has 1 fully saturated rings. The molecule has 0 bridgehead atoms. The fourth-order valence-electron chi connectivity index (χ4n) is 2.81. The second-order valence-electron chi connectivity index (χ2n) is 5.41. The molecule has 1 aliphatic rings. The first-order chi connectivity index (χ1) is 9.33. The van der Waals surface area contributed by atoms with Crippen LogP contribution in [0.5, 0.6) is 0 Å². The van der Waals surface area contributed by atoms with Gasteiger partial charge in [0.25, 0.3) is 0 Å². The van der Waals surface area contributed by atoms with Crippen LogP contribution < -0.4 is 5.73 Å². The molecule has 0 unspecified atom stereocenters. The highest BCUT2D eigenvalue weighted by molar-refractivity contribution is 5.82. The standard InChI is InChI=1S/C16H22N2O/c1-2-9-18(12-7-8-12)11-14-13-5-3-4-6-15(13)19-16(14)10-17/h3-6,12H,2,7-11,17H2,1H3. The second-order valence-corrected chi connectivity index (χ2v) is 5.41. The van der Waals surface area contributed by atoms with Crippen LogP contribution in [0, 0.1) is 0 Å². The van der Waals surface area contributed by atoms with Crippen LogP contribution in [0.25, 0.3) is 11.0 Å². The van der Waals surface area contributed by atoms with E-state index in [2.05, 4.69) is 24.0 Å². The summed E-state index contributed by atoms with van der Waals surface area (Å²) >= 11 is 0. The summed E-state index contributed by atoms with van der Waals surface area (Å²) in [5, 5.41) is 1.23. The Morgan fingerprint density at radius 2 is 2.11 bits per heavy atom. The average Bonchev–Trinajstić information content (AvgIpc) is 3.22. The minimum Gasteiger partial charge on any atom is -0.459 e. The normalized spacial score (nSPS) is 15.5. The van der Waals surface area contributed by atoms with Gasteiger partial charge in [-0.25, -0.2) is 0 Å². The van der Waals surface area contributed by atoms with Gasteiger partial charge in [0.2, 0.25) is 0 Å². The van der Waals surface area contributed by atoms with E-state index in [-0.39, 0.29) is 0 Å². The Hall–Kier alpha value is -1.32. The molecule has 1 aromatic heterocycles. The van der Waals surface area contributed by atoms with Crippen molar-refractivity contribution < 1.29 is 4.42 Å². The van der Waals surface area contributed by atoms with Crippen molar-refractivity contribution in [2.24, 2.45) is 5.73 Å². The van der Waals surface area contributed by atoms with Crippen molar-refractivity contribution >= 4 is 11.0 Å². The molecule has 1 heterocycles. The smallest absolute Gasteiger partial charge is 0.134 e. The van der Waals surface area contributed by atoms with Crippen molar-refractivity contribution in [3.05, 3.63) is 35.6 Å². The van der Waals surface area contributed by atoms with E-state index >= 15 is 0 Å². The molecule has 19 heavy (non-hydrogen) atoms. The van der Waals surface area contributed by atoms with E-state index in [0.717, 1.165) is 30.5 Å². The topological polar surface area (TPSA) is 42.4 Å². The van der Waals surface area contributed by atoms with E-state index in [1.165, 1.54) is 30.2 Å². The quantitative estimate of drug-likeness (QED) is 0.864. The summed E-state index contributed by atoms with van der Waals surface area (Å²) in [6, 6.07) is 9.03. The van der Waals surface area contributed by atoms with Crippen molar-refractivity contribution in [3.8, 4) is 0 Å². The summed E-state index contributed by atoms with van der Waals surface area (Å²) in [4.78, 5) is 2.58. The molecule has 0 spiro atoms. The third-order valence-corrected chi connectivity index (χ3v) is 3.90. The minimum absolute atomic E-state index is 0.481. The van der Waals surface area contributed by atoms with Crippen LogP contribution in [0.3, 0.4) is 0 Å². The van der Waals surface area contributed by atoms with Crippen LogP contribution in [0.15, 0.2) is 28.7 Å². The SMILES string of the molecule is CCCN(Cc1c(CN)oc2ccccc12)C1CC1. The van der Waals surface area contributed by atoms with Gasteiger partial charge in [0.15, 0.2) is 0 Å². The number of rotatable bonds is 6. The van der Waals surface area contributed by atoms with E-state index in [0.29, 0.717) is 6.54 Å². The van der Waals surface area contributed by atoms with Crippen LogP contribution in [0.2, 0.25) is 0 Å². The molecular weight excluding hydrogens is 236 g/mol. The molecule has 102 valence electrons. The fraction of sp³-hybridized carbons (Fsp3) is 0.500. The van der Waals surface area contributed by atoms with E-state index in [4.69, 9.17) is 10.2 Å². The van der Waals surface area contributed by atoms with Crippen LogP contribution in [0.4, 0.5) is 0 Å². The Labute approximate surface area is 114 Å². The van der Waals surface area contributed by atoms with Gasteiger partial charge < -0.3 is 10.2 Å². The molecule has 2 N–H and O–H groups in total. The molecule has 1 aliphatic carbocycles. The maximum absolute atomic E-state index is 5.88. The lowest BCUT2D eigenvalue weighted by Gasteiger charge is -2.21. The number of nitrogens with two attached hydrogens (primary N) is 1. The predicted molar refractivity (Wildman–Crippen MR) is 77.8 cm³/mol. The summed E-state index contributed by atoms with van der Waals surface area (Å²) in [6.45, 7) is 4.86. The highest BCUT2D eigenvalue weighted by Gasteiger charge is 2.29. The first kappa shape index (κ1) is 12.7. The van der Waals surface area contributed by atoms with Crippen molar-refractivity contribution in [1.82, 2.24) is 4.90 Å². The molecule has 3 heteroatoms. The number of benzene rings is 1. The Balaban J connectivity index is 1.93. The highest BCUT2D eigenvalue weighted by Crippen LogP contribution is 2.32. The lowest BCUT2D eigenvalue weighted by molar-refractivity contribution is 0.254. The zero-order valence-electron chi connectivity index (χ0n) is 11.6. The Morgan fingerprint density at radius 1 is 1.32 bits per heavy atom. The lowest BCUT2D eigenvalue weighted by Crippen LogP contribution is -2.26. The third kappa shape index (κ3) is 2.53. The Bertz CT molecular complexity index is 557. The molecule has 0 atom stereocenters. The van der Waals surface area contributed by atoms with E-state index in [1.54, 1.807) is 0 Å². The maximum Gasteiger partial charge on any atom is 0.134 e. The number of nitrogens with zero attached hydrogens (tertiary/aromatic N) is 1. The molecule has 0 aliphatic heterocycles. The van der Waals surface area contributed by atoms with Crippen molar-refractivity contribution in [3.63, 3.8) is 0 Å². The van der Waals surface area contributed by atoms with Crippen molar-refractivity contribution in [2.75, 3.05) is 6.54 Å². The molecule has 0 amide bonds. The number of hydrogen-bond acceptors (Lipinski definition) is 3. The predicted octanol–water partition coefficient (Wildman–Crippen LogP) is 3.27. The Kier molecular flexibility index (Phi) is 3.58. The first-order valence-electron chi connectivity index (χ1n) is 7.27. The fourth-order valence-corrected chi connectivity index (χ4v) is 2.81. The summed E-state index contributed by atoms with van der Waals surface area (Å²) < 4.78 is 5.88. The van der Waals surface area contributed by atoms with Crippen LogP contribution in [0.1, 0.15) is 37.5 Å². The van der Waals surface area contributed by atoms with Gasteiger partial charge in [-0.2, -0.15) is 0 Å². The zero-order chi connectivity index (χ0) is 13.2. The van der Waals surface area contributed by atoms with Gasteiger partial charge in [-0.15, -0.1) is 0 Å². The van der Waals surface area contributed by atoms with Gasteiger partial charge in [0, 0.05) is 23.5 Å². The summed E-state index contributed by atoms with van der Waals surface area (Å²) in [7, 11) is 0. The van der Waals surface area contributed by atoms with Crippen molar-refractivity contribution in [2.45, 2.75) is 45.3 Å². The van der Waals surface area contributed by atoms with Gasteiger partial charge >= 0.3 is 0 Å². The minimum atomic E-state index is 0.481. The van der Waals surface area contributed by atoms with Gasteiger partial charge in [0.1, 0.15) is 11.3 Å². The van der Waals surface area contributed by atoms with Gasteiger partial charge in [-0.05, 0) is 31.9 Å². The number of furan rings is 1. The van der Waals surface area contributed by atoms with E-state index in [9.17, 15) is 0 Å². The number of hydrogen-bond donors (Lipinski definition) is 1. The molecule has 0 radical (unpaired) electrons. The van der Waals surface area contributed by atoms with Crippen LogP contribution in [-0.2, 0) is 13.1 Å². The first-order valence-corrected chi connectivity index (χ1v) is 7.27. The molecule has 3 rings (SSSR count). The van der Waals surface area contributed by atoms with E-state index < -0.39 is 0 Å². The lowest BCUT2D eigenvalue weighted by atomic mass is 10.1. The van der Waals surface area contributed by atoms with Gasteiger partial charge in [0.05, 0.1) is 6.54 Å². The molecule has 1 saturated carbocycles. The third-order valence-electron chi connectivity index (χ3n) is 3.90. The largest absolute Gasteiger partial charge is 0.459 e. The number of para-hydroxylation sites is 1. The summed E-state index contributed by atoms with van der Waals surface area (Å²) in [5.41, 5.74) is 8.10. The molecule has 1 aromatic carbocycles. The maximum atomic E-state index is 5.88. The number of fused-ring (bicyclic) bond motifs is 1. The monoisotopic (exact) mass is 258 g/mol. The highest BCUT2D eigenvalue weighted by atomic mass is 16.3. The van der Waals surface area contributed by atoms with Gasteiger partial charge in [-0.3, -0.25) is 4.90 Å².